The van der Waals surface area contributed by atoms with Gasteiger partial charge in [0.05, 0.1) is 0 Å². The summed E-state index contributed by atoms with van der Waals surface area (Å²) in [6.07, 6.45) is 0.678. The molecule has 1 aromatic carbocycles. The second-order valence-corrected chi connectivity index (χ2v) is 4.39. The molecule has 0 unspecified atom stereocenters. The van der Waals surface area contributed by atoms with Crippen LogP contribution in [0.1, 0.15) is 12.0 Å². The third kappa shape index (κ3) is 5.27. The van der Waals surface area contributed by atoms with Crippen molar-refractivity contribution < 1.29 is 19.4 Å². The molecule has 0 saturated heterocycles. The van der Waals surface area contributed by atoms with Gasteiger partial charge in [0.2, 0.25) is 0 Å². The highest BCUT2D eigenvalue weighted by atomic mass is 16.5. The number of rotatable bonds is 7. The molecule has 6 heteroatoms. The molecule has 0 fully saturated rings. The van der Waals surface area contributed by atoms with E-state index in [2.05, 4.69) is 5.32 Å². The molecule has 0 bridgehead atoms. The molecule has 2 N–H and O–H groups in total. The number of carboxylic acid groups (broad SMARTS) is 1. The molecule has 0 aliphatic rings. The van der Waals surface area contributed by atoms with Gasteiger partial charge in [0.15, 0.2) is 0 Å². The van der Waals surface area contributed by atoms with Gasteiger partial charge in [-0.25, -0.2) is 4.79 Å². The Hall–Kier alpha value is -2.08. The number of methoxy groups -OCH3 is 1. The van der Waals surface area contributed by atoms with Gasteiger partial charge in [-0.2, -0.15) is 0 Å². The average molecular weight is 280 g/mol. The highest BCUT2D eigenvalue weighted by molar-refractivity contribution is 5.96. The quantitative estimate of drug-likeness (QED) is 0.744. The molecule has 0 atom stereocenters. The van der Waals surface area contributed by atoms with Crippen molar-refractivity contribution in [2.75, 3.05) is 31.7 Å². The zero-order chi connectivity index (χ0) is 15.0. The first-order valence-corrected chi connectivity index (χ1v) is 6.37. The van der Waals surface area contributed by atoms with Crippen LogP contribution < -0.4 is 10.2 Å². The fourth-order valence-electron chi connectivity index (χ4n) is 1.65. The standard InChI is InChI=1S/C14H20N2O4/c1-11-4-6-12(7-5-11)16(10-13(17)18)14(19)15-8-3-9-20-2/h4-7H,3,8-10H2,1-2H3,(H,15,19)(H,17,18). The van der Waals surface area contributed by atoms with E-state index >= 15 is 0 Å². The summed E-state index contributed by atoms with van der Waals surface area (Å²) in [7, 11) is 1.59. The molecule has 1 aromatic rings. The van der Waals surface area contributed by atoms with Crippen LogP contribution in [0.15, 0.2) is 24.3 Å². The number of nitrogens with one attached hydrogen (secondary N) is 1. The smallest absolute Gasteiger partial charge is 0.323 e. The maximum Gasteiger partial charge on any atom is 0.323 e. The van der Waals surface area contributed by atoms with Gasteiger partial charge in [0.1, 0.15) is 6.54 Å². The van der Waals surface area contributed by atoms with Gasteiger partial charge in [-0.15, -0.1) is 0 Å². The zero-order valence-electron chi connectivity index (χ0n) is 11.8. The normalized spacial score (nSPS) is 10.1. The minimum atomic E-state index is -1.06. The van der Waals surface area contributed by atoms with Crippen molar-refractivity contribution in [3.05, 3.63) is 29.8 Å². The summed E-state index contributed by atoms with van der Waals surface area (Å²) in [5.41, 5.74) is 1.60. The third-order valence-electron chi connectivity index (χ3n) is 2.69. The lowest BCUT2D eigenvalue weighted by Crippen LogP contribution is -2.43. The molecule has 0 saturated carbocycles. The summed E-state index contributed by atoms with van der Waals surface area (Å²) in [6.45, 7) is 2.54. The Bertz CT molecular complexity index is 445. The predicted octanol–water partition coefficient (Wildman–Crippen LogP) is 1.63. The monoisotopic (exact) mass is 280 g/mol. The first-order chi connectivity index (χ1) is 9.54. The van der Waals surface area contributed by atoms with Crippen LogP contribution in [0.2, 0.25) is 0 Å². The van der Waals surface area contributed by atoms with Crippen molar-refractivity contribution >= 4 is 17.7 Å². The van der Waals surface area contributed by atoms with Gasteiger partial charge in [0, 0.05) is 25.9 Å². The van der Waals surface area contributed by atoms with Gasteiger partial charge in [-0.05, 0) is 25.5 Å². The van der Waals surface area contributed by atoms with E-state index in [4.69, 9.17) is 9.84 Å². The third-order valence-corrected chi connectivity index (χ3v) is 2.69. The van der Waals surface area contributed by atoms with E-state index in [0.29, 0.717) is 25.3 Å². The summed E-state index contributed by atoms with van der Waals surface area (Å²) in [4.78, 5) is 24.1. The van der Waals surface area contributed by atoms with E-state index in [1.165, 1.54) is 4.90 Å². The van der Waals surface area contributed by atoms with Crippen molar-refractivity contribution in [3.8, 4) is 0 Å². The minimum absolute atomic E-state index is 0.376. The number of hydrogen-bond donors (Lipinski definition) is 2. The Labute approximate surface area is 118 Å². The van der Waals surface area contributed by atoms with Crippen LogP contribution in [0, 0.1) is 6.92 Å². The number of anilines is 1. The molecule has 0 aromatic heterocycles. The van der Waals surface area contributed by atoms with Crippen LogP contribution in [-0.4, -0.2) is 43.9 Å². The average Bonchev–Trinajstić information content (AvgIpc) is 2.42. The molecule has 0 spiro atoms. The summed E-state index contributed by atoms with van der Waals surface area (Å²) in [5.74, 6) is -1.06. The van der Waals surface area contributed by atoms with Crippen LogP contribution in [0.25, 0.3) is 0 Å². The number of amides is 2. The number of carboxylic acids is 1. The summed E-state index contributed by atoms with van der Waals surface area (Å²) in [6, 6.07) is 6.71. The predicted molar refractivity (Wildman–Crippen MR) is 76.1 cm³/mol. The number of urea groups is 1. The second-order valence-electron chi connectivity index (χ2n) is 4.39. The number of hydrogen-bond acceptors (Lipinski definition) is 3. The lowest BCUT2D eigenvalue weighted by molar-refractivity contribution is -0.135. The SMILES string of the molecule is COCCCNC(=O)N(CC(=O)O)c1ccc(C)cc1. The lowest BCUT2D eigenvalue weighted by atomic mass is 10.2. The maximum absolute atomic E-state index is 12.0. The Morgan fingerprint density at radius 3 is 2.50 bits per heavy atom. The fourth-order valence-corrected chi connectivity index (χ4v) is 1.65. The van der Waals surface area contributed by atoms with Crippen molar-refractivity contribution in [1.29, 1.82) is 0 Å². The number of nitrogens with zero attached hydrogens (tertiary/aromatic N) is 1. The molecule has 0 aliphatic carbocycles. The molecular formula is C14H20N2O4. The van der Waals surface area contributed by atoms with Crippen LogP contribution >= 0.6 is 0 Å². The topological polar surface area (TPSA) is 78.9 Å². The van der Waals surface area contributed by atoms with Crippen LogP contribution in [0.3, 0.4) is 0 Å². The minimum Gasteiger partial charge on any atom is -0.480 e. The fraction of sp³-hybridized carbons (Fsp3) is 0.429. The van der Waals surface area contributed by atoms with Crippen molar-refractivity contribution in [2.45, 2.75) is 13.3 Å². The van der Waals surface area contributed by atoms with E-state index in [1.807, 2.05) is 19.1 Å². The van der Waals surface area contributed by atoms with Crippen LogP contribution in [0.5, 0.6) is 0 Å². The number of ether oxygens (including phenoxy) is 1. The Kier molecular flexibility index (Phi) is 6.52. The number of carbonyl (C=O) groups excluding carboxylic acids is 1. The molecule has 20 heavy (non-hydrogen) atoms. The van der Waals surface area contributed by atoms with Crippen molar-refractivity contribution in [1.82, 2.24) is 5.32 Å². The Morgan fingerprint density at radius 1 is 1.30 bits per heavy atom. The molecule has 0 radical (unpaired) electrons. The summed E-state index contributed by atoms with van der Waals surface area (Å²) in [5, 5.41) is 11.6. The molecule has 0 heterocycles. The number of benzene rings is 1. The molecule has 2 amide bonds. The van der Waals surface area contributed by atoms with Crippen molar-refractivity contribution in [2.24, 2.45) is 0 Å². The number of aliphatic carboxylic acids is 1. The summed E-state index contributed by atoms with van der Waals surface area (Å²) < 4.78 is 4.89. The van der Waals surface area contributed by atoms with Gasteiger partial charge < -0.3 is 15.2 Å². The van der Waals surface area contributed by atoms with Gasteiger partial charge >= 0.3 is 12.0 Å². The van der Waals surface area contributed by atoms with E-state index in [9.17, 15) is 9.59 Å². The number of aryl methyl sites for hydroxylation is 1. The van der Waals surface area contributed by atoms with Gasteiger partial charge in [-0.1, -0.05) is 17.7 Å². The first kappa shape index (κ1) is 16.0. The number of carbonyl (C=O) groups is 2. The highest BCUT2D eigenvalue weighted by Crippen LogP contribution is 2.15. The van der Waals surface area contributed by atoms with Crippen LogP contribution in [0.4, 0.5) is 10.5 Å². The zero-order valence-corrected chi connectivity index (χ0v) is 11.8. The van der Waals surface area contributed by atoms with E-state index < -0.39 is 12.0 Å². The largest absolute Gasteiger partial charge is 0.480 e. The summed E-state index contributed by atoms with van der Waals surface area (Å²) >= 11 is 0. The van der Waals surface area contributed by atoms with Gasteiger partial charge in [0.25, 0.3) is 0 Å². The first-order valence-electron chi connectivity index (χ1n) is 6.37. The molecular weight excluding hydrogens is 260 g/mol. The van der Waals surface area contributed by atoms with E-state index in [-0.39, 0.29) is 6.54 Å². The molecule has 110 valence electrons. The molecule has 0 aliphatic heterocycles. The van der Waals surface area contributed by atoms with E-state index in [0.717, 1.165) is 5.56 Å². The van der Waals surface area contributed by atoms with Crippen LogP contribution in [-0.2, 0) is 9.53 Å². The Balaban J connectivity index is 2.70. The highest BCUT2D eigenvalue weighted by Gasteiger charge is 2.18. The molecule has 1 rings (SSSR count). The van der Waals surface area contributed by atoms with Crippen molar-refractivity contribution in [3.63, 3.8) is 0 Å². The molecule has 6 nitrogen and oxygen atoms in total. The van der Waals surface area contributed by atoms with Gasteiger partial charge in [-0.3, -0.25) is 9.69 Å². The van der Waals surface area contributed by atoms with E-state index in [1.54, 1.807) is 19.2 Å². The lowest BCUT2D eigenvalue weighted by Gasteiger charge is -2.21. The second kappa shape index (κ2) is 8.16. The maximum atomic E-state index is 12.0. The Morgan fingerprint density at radius 2 is 1.95 bits per heavy atom.